The van der Waals surface area contributed by atoms with Crippen LogP contribution in [0.15, 0.2) is 103 Å². The standard InChI is InChI=1S/C29H20Cl2N2O3/c30-22-17-24-25(18-23(22)31)33(28(35)21-14-8-3-9-15-21)29(36)26(16-19-10-4-1-5-11-19)32(24)27(34)20-12-6-2-7-13-20/h1-15,17-18,26H,16H2/t26-/m1/s1. The number of fused-ring (bicyclic) bond motifs is 1. The summed E-state index contributed by atoms with van der Waals surface area (Å²) in [7, 11) is 0. The Balaban J connectivity index is 1.71. The second-order valence-corrected chi connectivity index (χ2v) is 9.16. The number of carbonyl (C=O) groups excluding carboxylic acids is 3. The molecule has 5 nitrogen and oxygen atoms in total. The number of halogens is 2. The third-order valence-electron chi connectivity index (χ3n) is 6.07. The topological polar surface area (TPSA) is 57.7 Å². The zero-order chi connectivity index (χ0) is 25.2. The SMILES string of the molecule is O=C(c1ccccc1)N1C(=O)[C@@H](Cc2ccccc2)N(C(=O)c2ccccc2)c2cc(Cl)c(Cl)cc21. The lowest BCUT2D eigenvalue weighted by Gasteiger charge is -2.41. The summed E-state index contributed by atoms with van der Waals surface area (Å²) >= 11 is 12.7. The fourth-order valence-corrected chi connectivity index (χ4v) is 4.67. The van der Waals surface area contributed by atoms with E-state index in [2.05, 4.69) is 0 Å². The number of benzene rings is 4. The van der Waals surface area contributed by atoms with Gasteiger partial charge in [0, 0.05) is 17.5 Å². The van der Waals surface area contributed by atoms with Crippen LogP contribution >= 0.6 is 23.2 Å². The van der Waals surface area contributed by atoms with Gasteiger partial charge >= 0.3 is 0 Å². The number of nitrogens with zero attached hydrogens (tertiary/aromatic N) is 2. The maximum Gasteiger partial charge on any atom is 0.265 e. The molecule has 0 aliphatic carbocycles. The Labute approximate surface area is 218 Å². The molecule has 0 spiro atoms. The molecule has 0 saturated carbocycles. The van der Waals surface area contributed by atoms with Crippen molar-refractivity contribution in [1.29, 1.82) is 0 Å². The van der Waals surface area contributed by atoms with E-state index in [0.717, 1.165) is 10.5 Å². The summed E-state index contributed by atoms with van der Waals surface area (Å²) in [4.78, 5) is 44.1. The molecular formula is C29H20Cl2N2O3. The van der Waals surface area contributed by atoms with Gasteiger partial charge in [-0.2, -0.15) is 0 Å². The van der Waals surface area contributed by atoms with Crippen LogP contribution in [0.1, 0.15) is 26.3 Å². The second-order valence-electron chi connectivity index (χ2n) is 8.35. The first-order valence-corrected chi connectivity index (χ1v) is 12.1. The first-order valence-electron chi connectivity index (χ1n) is 11.3. The first kappa shape index (κ1) is 23.8. The highest BCUT2D eigenvalue weighted by molar-refractivity contribution is 6.43. The molecule has 0 radical (unpaired) electrons. The Morgan fingerprint density at radius 1 is 0.667 bits per heavy atom. The molecule has 4 aromatic carbocycles. The smallest absolute Gasteiger partial charge is 0.265 e. The minimum absolute atomic E-state index is 0.169. The molecule has 1 aliphatic heterocycles. The van der Waals surface area contributed by atoms with Gasteiger partial charge in [0.2, 0.25) is 0 Å². The zero-order valence-electron chi connectivity index (χ0n) is 19.0. The quantitative estimate of drug-likeness (QED) is 0.294. The van der Waals surface area contributed by atoms with Crippen molar-refractivity contribution >= 4 is 52.3 Å². The van der Waals surface area contributed by atoms with Crippen molar-refractivity contribution in [3.63, 3.8) is 0 Å². The average Bonchev–Trinajstić information content (AvgIpc) is 2.91. The van der Waals surface area contributed by atoms with Crippen molar-refractivity contribution in [3.8, 4) is 0 Å². The fraction of sp³-hybridized carbons (Fsp3) is 0.0690. The summed E-state index contributed by atoms with van der Waals surface area (Å²) in [5.41, 5.74) is 2.13. The maximum atomic E-state index is 14.1. The van der Waals surface area contributed by atoms with Gasteiger partial charge in [-0.3, -0.25) is 19.3 Å². The van der Waals surface area contributed by atoms with Gasteiger partial charge in [-0.25, -0.2) is 4.90 Å². The number of imide groups is 1. The summed E-state index contributed by atoms with van der Waals surface area (Å²) in [6.45, 7) is 0. The van der Waals surface area contributed by atoms with E-state index < -0.39 is 17.9 Å². The van der Waals surface area contributed by atoms with Crippen LogP contribution < -0.4 is 9.80 Å². The average molecular weight is 515 g/mol. The van der Waals surface area contributed by atoms with Crippen molar-refractivity contribution in [2.24, 2.45) is 0 Å². The summed E-state index contributed by atoms with van der Waals surface area (Å²) in [6.07, 6.45) is 0.205. The lowest BCUT2D eigenvalue weighted by molar-refractivity contribution is -0.119. The molecule has 7 heteroatoms. The monoisotopic (exact) mass is 514 g/mol. The van der Waals surface area contributed by atoms with E-state index in [4.69, 9.17) is 23.2 Å². The van der Waals surface area contributed by atoms with Crippen LogP contribution in [0.3, 0.4) is 0 Å². The van der Waals surface area contributed by atoms with Crippen LogP contribution in [0, 0.1) is 0 Å². The largest absolute Gasteiger partial charge is 0.293 e. The maximum absolute atomic E-state index is 14.1. The summed E-state index contributed by atoms with van der Waals surface area (Å²) < 4.78 is 0. The Kier molecular flexibility index (Phi) is 6.59. The van der Waals surface area contributed by atoms with Gasteiger partial charge < -0.3 is 0 Å². The Bertz CT molecular complexity index is 1440. The Hall–Kier alpha value is -3.93. The van der Waals surface area contributed by atoms with Gasteiger partial charge in [-0.1, -0.05) is 89.9 Å². The van der Waals surface area contributed by atoms with Crippen molar-refractivity contribution < 1.29 is 14.4 Å². The highest BCUT2D eigenvalue weighted by Crippen LogP contribution is 2.43. The van der Waals surface area contributed by atoms with E-state index in [1.165, 1.54) is 17.0 Å². The zero-order valence-corrected chi connectivity index (χ0v) is 20.5. The van der Waals surface area contributed by atoms with Gasteiger partial charge in [-0.15, -0.1) is 0 Å². The lowest BCUT2D eigenvalue weighted by Crippen LogP contribution is -2.58. The van der Waals surface area contributed by atoms with E-state index >= 15 is 0 Å². The molecule has 4 aromatic rings. The molecule has 0 N–H and O–H groups in total. The molecule has 0 unspecified atom stereocenters. The fourth-order valence-electron chi connectivity index (χ4n) is 4.35. The van der Waals surface area contributed by atoms with Gasteiger partial charge in [-0.05, 0) is 42.0 Å². The van der Waals surface area contributed by atoms with E-state index in [1.54, 1.807) is 54.6 Å². The molecule has 0 bridgehead atoms. The molecule has 0 fully saturated rings. The third kappa shape index (κ3) is 4.39. The van der Waals surface area contributed by atoms with Crippen LogP contribution in [-0.2, 0) is 11.2 Å². The number of amides is 3. The Morgan fingerprint density at radius 3 is 1.69 bits per heavy atom. The molecule has 1 atom stereocenters. The minimum Gasteiger partial charge on any atom is -0.293 e. The predicted octanol–water partition coefficient (Wildman–Crippen LogP) is 6.44. The molecule has 0 saturated heterocycles. The summed E-state index contributed by atoms with van der Waals surface area (Å²) in [5, 5.41) is 0.379. The number of rotatable bonds is 4. The van der Waals surface area contributed by atoms with Crippen molar-refractivity contribution in [3.05, 3.63) is 130 Å². The van der Waals surface area contributed by atoms with Crippen LogP contribution in [0.2, 0.25) is 10.0 Å². The highest BCUT2D eigenvalue weighted by atomic mass is 35.5. The number of hydrogen-bond acceptors (Lipinski definition) is 3. The molecule has 36 heavy (non-hydrogen) atoms. The Morgan fingerprint density at radius 2 is 1.14 bits per heavy atom. The number of anilines is 2. The van der Waals surface area contributed by atoms with Crippen LogP contribution in [-0.4, -0.2) is 23.8 Å². The van der Waals surface area contributed by atoms with Crippen LogP contribution in [0.25, 0.3) is 0 Å². The molecule has 1 heterocycles. The van der Waals surface area contributed by atoms with Gasteiger partial charge in [0.1, 0.15) is 6.04 Å². The second kappa shape index (κ2) is 9.97. The molecular weight excluding hydrogens is 495 g/mol. The number of hydrogen-bond donors (Lipinski definition) is 0. The number of carbonyl (C=O) groups is 3. The first-order chi connectivity index (χ1) is 17.5. The van der Waals surface area contributed by atoms with E-state index in [0.29, 0.717) is 16.8 Å². The highest BCUT2D eigenvalue weighted by Gasteiger charge is 2.44. The van der Waals surface area contributed by atoms with Gasteiger partial charge in [0.15, 0.2) is 0 Å². The van der Waals surface area contributed by atoms with E-state index in [9.17, 15) is 14.4 Å². The molecule has 178 valence electrons. The normalized spacial score (nSPS) is 14.9. The predicted molar refractivity (Wildman–Crippen MR) is 142 cm³/mol. The van der Waals surface area contributed by atoms with E-state index in [-0.39, 0.29) is 28.1 Å². The molecule has 5 rings (SSSR count). The van der Waals surface area contributed by atoms with Gasteiger partial charge in [0.05, 0.1) is 21.4 Å². The van der Waals surface area contributed by atoms with E-state index in [1.807, 2.05) is 36.4 Å². The van der Waals surface area contributed by atoms with Crippen molar-refractivity contribution in [1.82, 2.24) is 0 Å². The third-order valence-corrected chi connectivity index (χ3v) is 6.79. The van der Waals surface area contributed by atoms with Gasteiger partial charge in [0.25, 0.3) is 17.7 Å². The lowest BCUT2D eigenvalue weighted by atomic mass is 9.97. The van der Waals surface area contributed by atoms with Crippen molar-refractivity contribution in [2.45, 2.75) is 12.5 Å². The molecule has 0 aromatic heterocycles. The van der Waals surface area contributed by atoms with Crippen LogP contribution in [0.4, 0.5) is 11.4 Å². The minimum atomic E-state index is -0.988. The summed E-state index contributed by atoms with van der Waals surface area (Å²) in [5.74, 6) is -1.41. The molecule has 1 aliphatic rings. The molecule has 3 amide bonds. The van der Waals surface area contributed by atoms with Crippen LogP contribution in [0.5, 0.6) is 0 Å². The summed E-state index contributed by atoms with van der Waals surface area (Å²) in [6, 6.07) is 28.6. The van der Waals surface area contributed by atoms with Crippen molar-refractivity contribution in [2.75, 3.05) is 9.80 Å².